The average molecular weight is 254 g/mol. The Kier molecular flexibility index (Phi) is 5.19. The van der Waals surface area contributed by atoms with Crippen molar-refractivity contribution in [2.24, 2.45) is 5.41 Å². The van der Waals surface area contributed by atoms with E-state index in [1.807, 2.05) is 6.92 Å². The first-order valence-electron chi connectivity index (χ1n) is 6.34. The highest BCUT2D eigenvalue weighted by atomic mass is 16.4. The molecule has 0 spiro atoms. The minimum atomic E-state index is -0.795. The molecule has 5 nitrogen and oxygen atoms in total. The Balaban J connectivity index is 2.32. The van der Waals surface area contributed by atoms with Crippen molar-refractivity contribution in [2.75, 3.05) is 6.54 Å². The maximum absolute atomic E-state index is 11.6. The van der Waals surface area contributed by atoms with Crippen LogP contribution in [-0.4, -0.2) is 29.7 Å². The largest absolute Gasteiger partial charge is 0.481 e. The first-order valence-corrected chi connectivity index (χ1v) is 6.34. The Labute approximate surface area is 108 Å². The van der Waals surface area contributed by atoms with Gasteiger partial charge in [-0.3, -0.25) is 4.79 Å². The molecule has 1 atom stereocenters. The summed E-state index contributed by atoms with van der Waals surface area (Å²) in [5.74, 6) is -0.795. The fourth-order valence-electron chi connectivity index (χ4n) is 2.27. The number of carbonyl (C=O) groups excluding carboxylic acids is 1. The van der Waals surface area contributed by atoms with Gasteiger partial charge in [-0.05, 0) is 31.6 Å². The Morgan fingerprint density at radius 2 is 2.17 bits per heavy atom. The third-order valence-electron chi connectivity index (χ3n) is 3.46. The molecule has 0 heterocycles. The second-order valence-corrected chi connectivity index (χ2v) is 5.18. The lowest BCUT2D eigenvalue weighted by Crippen LogP contribution is -2.48. The van der Waals surface area contributed by atoms with Crippen LogP contribution < -0.4 is 10.6 Å². The van der Waals surface area contributed by atoms with Crippen molar-refractivity contribution in [3.05, 3.63) is 12.7 Å². The second kappa shape index (κ2) is 6.42. The molecule has 0 saturated heterocycles. The lowest BCUT2D eigenvalue weighted by Gasteiger charge is -2.40. The van der Waals surface area contributed by atoms with Gasteiger partial charge in [0.1, 0.15) is 0 Å². The summed E-state index contributed by atoms with van der Waals surface area (Å²) >= 11 is 0. The third-order valence-corrected chi connectivity index (χ3v) is 3.46. The molecule has 1 rings (SSSR count). The van der Waals surface area contributed by atoms with Crippen molar-refractivity contribution in [3.63, 3.8) is 0 Å². The Bertz CT molecular complexity index is 324. The zero-order valence-electron chi connectivity index (χ0n) is 10.9. The predicted octanol–water partition coefficient (Wildman–Crippen LogP) is 1.90. The number of urea groups is 1. The van der Waals surface area contributed by atoms with Crippen molar-refractivity contribution >= 4 is 12.0 Å². The van der Waals surface area contributed by atoms with Gasteiger partial charge in [-0.1, -0.05) is 12.5 Å². The number of aliphatic carboxylic acids is 1. The van der Waals surface area contributed by atoms with Crippen molar-refractivity contribution < 1.29 is 14.7 Å². The van der Waals surface area contributed by atoms with Crippen LogP contribution in [0.25, 0.3) is 0 Å². The Hall–Kier alpha value is -1.52. The van der Waals surface area contributed by atoms with Crippen molar-refractivity contribution in [1.29, 1.82) is 0 Å². The standard InChI is InChI=1S/C13H22N2O3/c1-3-5-10(2)15-12(18)14-9-13(6-4-7-13)8-11(16)17/h3,10H,1,4-9H2,2H3,(H,16,17)(H2,14,15,18). The molecule has 2 amide bonds. The highest BCUT2D eigenvalue weighted by Crippen LogP contribution is 2.43. The van der Waals surface area contributed by atoms with E-state index in [0.29, 0.717) is 13.0 Å². The van der Waals surface area contributed by atoms with Gasteiger partial charge in [0.15, 0.2) is 0 Å². The minimum absolute atomic E-state index is 0.0410. The number of carbonyl (C=O) groups is 2. The normalized spacial score (nSPS) is 18.3. The van der Waals surface area contributed by atoms with Gasteiger partial charge >= 0.3 is 12.0 Å². The maximum Gasteiger partial charge on any atom is 0.315 e. The third kappa shape index (κ3) is 4.39. The summed E-state index contributed by atoms with van der Waals surface area (Å²) in [6, 6.07) is -0.194. The van der Waals surface area contributed by atoms with E-state index in [4.69, 9.17) is 5.11 Å². The summed E-state index contributed by atoms with van der Waals surface area (Å²) in [4.78, 5) is 22.4. The summed E-state index contributed by atoms with van der Waals surface area (Å²) in [6.07, 6.45) is 5.40. The molecule has 1 fully saturated rings. The second-order valence-electron chi connectivity index (χ2n) is 5.18. The number of hydrogen-bond donors (Lipinski definition) is 3. The van der Waals surface area contributed by atoms with Gasteiger partial charge < -0.3 is 15.7 Å². The number of carboxylic acid groups (broad SMARTS) is 1. The molecule has 0 aromatic heterocycles. The number of rotatable bonds is 7. The summed E-state index contributed by atoms with van der Waals surface area (Å²) in [5.41, 5.74) is -0.231. The van der Waals surface area contributed by atoms with E-state index in [1.54, 1.807) is 6.08 Å². The first kappa shape index (κ1) is 14.5. The van der Waals surface area contributed by atoms with Crippen LogP contribution in [0.4, 0.5) is 4.79 Å². The molecule has 3 N–H and O–H groups in total. The van der Waals surface area contributed by atoms with E-state index in [1.165, 1.54) is 0 Å². The fraction of sp³-hybridized carbons (Fsp3) is 0.692. The van der Waals surface area contributed by atoms with Crippen LogP contribution in [0.2, 0.25) is 0 Å². The molecular weight excluding hydrogens is 232 g/mol. The summed E-state index contributed by atoms with van der Waals surface area (Å²) in [6.45, 7) is 5.95. The molecule has 0 bridgehead atoms. The maximum atomic E-state index is 11.6. The SMILES string of the molecule is C=CCC(C)NC(=O)NCC1(CC(=O)O)CCC1. The van der Waals surface area contributed by atoms with Gasteiger partial charge in [0.2, 0.25) is 0 Å². The van der Waals surface area contributed by atoms with Crippen LogP contribution in [0, 0.1) is 5.41 Å². The monoisotopic (exact) mass is 254 g/mol. The van der Waals surface area contributed by atoms with Crippen LogP contribution in [0.15, 0.2) is 12.7 Å². The molecule has 0 aliphatic heterocycles. The highest BCUT2D eigenvalue weighted by Gasteiger charge is 2.39. The number of amides is 2. The smallest absolute Gasteiger partial charge is 0.315 e. The highest BCUT2D eigenvalue weighted by molar-refractivity contribution is 5.74. The van der Waals surface area contributed by atoms with Crippen molar-refractivity contribution in [1.82, 2.24) is 10.6 Å². The molecule has 5 heteroatoms. The average Bonchev–Trinajstić information content (AvgIpc) is 2.21. The molecular formula is C13H22N2O3. The Morgan fingerprint density at radius 3 is 2.61 bits per heavy atom. The molecule has 0 radical (unpaired) electrons. The molecule has 18 heavy (non-hydrogen) atoms. The summed E-state index contributed by atoms with van der Waals surface area (Å²) in [5, 5.41) is 14.4. The zero-order chi connectivity index (χ0) is 13.6. The summed E-state index contributed by atoms with van der Waals surface area (Å²) in [7, 11) is 0. The quantitative estimate of drug-likeness (QED) is 0.607. The predicted molar refractivity (Wildman–Crippen MR) is 69.3 cm³/mol. The van der Waals surface area contributed by atoms with Gasteiger partial charge in [0.25, 0.3) is 0 Å². The topological polar surface area (TPSA) is 78.4 Å². The van der Waals surface area contributed by atoms with Gasteiger partial charge in [0, 0.05) is 12.6 Å². The van der Waals surface area contributed by atoms with Crippen LogP contribution >= 0.6 is 0 Å². The minimum Gasteiger partial charge on any atom is -0.481 e. The van der Waals surface area contributed by atoms with E-state index in [9.17, 15) is 9.59 Å². The Morgan fingerprint density at radius 1 is 1.50 bits per heavy atom. The van der Waals surface area contributed by atoms with Crippen molar-refractivity contribution in [3.8, 4) is 0 Å². The summed E-state index contributed by atoms with van der Waals surface area (Å²) < 4.78 is 0. The van der Waals surface area contributed by atoms with Crippen LogP contribution in [0.3, 0.4) is 0 Å². The first-order chi connectivity index (χ1) is 8.47. The molecule has 102 valence electrons. The lowest BCUT2D eigenvalue weighted by atomic mass is 9.66. The number of hydrogen-bond acceptors (Lipinski definition) is 2. The van der Waals surface area contributed by atoms with E-state index >= 15 is 0 Å². The molecule has 1 aliphatic rings. The number of carboxylic acids is 1. The molecule has 0 aromatic carbocycles. The molecule has 1 saturated carbocycles. The number of nitrogens with one attached hydrogen (secondary N) is 2. The van der Waals surface area contributed by atoms with E-state index < -0.39 is 5.97 Å². The van der Waals surface area contributed by atoms with Gasteiger partial charge in [0.05, 0.1) is 6.42 Å². The van der Waals surface area contributed by atoms with Crippen LogP contribution in [0.5, 0.6) is 0 Å². The van der Waals surface area contributed by atoms with Crippen LogP contribution in [-0.2, 0) is 4.79 Å². The van der Waals surface area contributed by atoms with Gasteiger partial charge in [-0.25, -0.2) is 4.79 Å². The fourth-order valence-corrected chi connectivity index (χ4v) is 2.27. The van der Waals surface area contributed by atoms with Crippen LogP contribution in [0.1, 0.15) is 39.0 Å². The lowest BCUT2D eigenvalue weighted by molar-refractivity contribution is -0.141. The zero-order valence-corrected chi connectivity index (χ0v) is 10.9. The molecule has 0 aromatic rings. The van der Waals surface area contributed by atoms with Gasteiger partial charge in [-0.2, -0.15) is 0 Å². The van der Waals surface area contributed by atoms with E-state index in [-0.39, 0.29) is 23.9 Å². The van der Waals surface area contributed by atoms with Gasteiger partial charge in [-0.15, -0.1) is 6.58 Å². The van der Waals surface area contributed by atoms with E-state index in [0.717, 1.165) is 19.3 Å². The van der Waals surface area contributed by atoms with E-state index in [2.05, 4.69) is 17.2 Å². The molecule has 1 unspecified atom stereocenters. The van der Waals surface area contributed by atoms with Crippen molar-refractivity contribution in [2.45, 2.75) is 45.1 Å². The molecule has 1 aliphatic carbocycles.